The van der Waals surface area contributed by atoms with Gasteiger partial charge in [-0.15, -0.1) is 0 Å². The molecule has 0 N–H and O–H groups in total. The Morgan fingerprint density at radius 1 is 1.29 bits per heavy atom. The Morgan fingerprint density at radius 3 is 2.88 bits per heavy atom. The summed E-state index contributed by atoms with van der Waals surface area (Å²) < 4.78 is 15.8. The van der Waals surface area contributed by atoms with Gasteiger partial charge in [0.15, 0.2) is 0 Å². The van der Waals surface area contributed by atoms with Crippen LogP contribution in [0.1, 0.15) is 47.7 Å². The number of esters is 1. The third-order valence-electron chi connectivity index (χ3n) is 4.35. The number of hydrogen-bond acceptors (Lipinski definition) is 5. The molecule has 0 aliphatic heterocycles. The van der Waals surface area contributed by atoms with Gasteiger partial charge in [0.2, 0.25) is 0 Å². The fourth-order valence-corrected chi connectivity index (χ4v) is 3.58. The van der Waals surface area contributed by atoms with Gasteiger partial charge in [-0.2, -0.15) is 0 Å². The molecule has 3 rings (SSSR count). The van der Waals surface area contributed by atoms with E-state index in [4.69, 9.17) is 12.2 Å². The first kappa shape index (κ1) is 17.4. The number of hydrogen-bond donors (Lipinski definition) is 0. The third-order valence-corrected chi connectivity index (χ3v) is 5.06. The molecular formula is C18H19IO5. The summed E-state index contributed by atoms with van der Waals surface area (Å²) in [7, 11) is 0. The van der Waals surface area contributed by atoms with Crippen molar-refractivity contribution in [2.45, 2.75) is 45.1 Å². The van der Waals surface area contributed by atoms with Crippen LogP contribution in [0, 0.1) is 0 Å². The highest BCUT2D eigenvalue weighted by molar-refractivity contribution is 14.1. The molecule has 1 unspecified atom stereocenters. The van der Waals surface area contributed by atoms with Gasteiger partial charge in [0, 0.05) is 11.8 Å². The lowest BCUT2D eigenvalue weighted by Gasteiger charge is -2.20. The highest BCUT2D eigenvalue weighted by Gasteiger charge is 2.19. The number of halogens is 1. The molecule has 0 spiro atoms. The molecular weight excluding hydrogens is 423 g/mol. The van der Waals surface area contributed by atoms with Gasteiger partial charge in [-0.05, 0) is 55.5 Å². The van der Waals surface area contributed by atoms with Crippen LogP contribution in [0.2, 0.25) is 0 Å². The van der Waals surface area contributed by atoms with Gasteiger partial charge >= 0.3 is 11.6 Å². The van der Waals surface area contributed by atoms with E-state index in [1.54, 1.807) is 13.0 Å². The fraction of sp³-hybridized carbons (Fsp3) is 0.444. The number of rotatable bonds is 3. The van der Waals surface area contributed by atoms with Crippen LogP contribution in [-0.4, -0.2) is 18.7 Å². The largest absolute Gasteiger partial charge is 0.462 e. The molecule has 6 heteroatoms. The minimum absolute atomic E-state index is 0.0522. The maximum atomic E-state index is 12.1. The van der Waals surface area contributed by atoms with Gasteiger partial charge in [0.1, 0.15) is 34.2 Å². The first-order chi connectivity index (χ1) is 11.6. The van der Waals surface area contributed by atoms with Crippen molar-refractivity contribution in [3.63, 3.8) is 0 Å². The van der Waals surface area contributed by atoms with E-state index in [1.807, 2.05) is 35.1 Å². The van der Waals surface area contributed by atoms with Crippen molar-refractivity contribution < 1.29 is 17.0 Å². The quantitative estimate of drug-likeness (QED) is 0.409. The van der Waals surface area contributed by atoms with E-state index in [0.717, 1.165) is 43.1 Å². The highest BCUT2D eigenvalue weighted by atomic mass is 127. The molecule has 5 nitrogen and oxygen atoms in total. The minimum Gasteiger partial charge on any atom is -0.462 e. The number of ether oxygens (including phenoxy) is 1. The van der Waals surface area contributed by atoms with Crippen LogP contribution in [0.5, 0.6) is 0 Å². The fourth-order valence-electron chi connectivity index (χ4n) is 3.14. The summed E-state index contributed by atoms with van der Waals surface area (Å²) in [6, 6.07) is 5.51. The van der Waals surface area contributed by atoms with Crippen molar-refractivity contribution >= 4 is 39.9 Å². The van der Waals surface area contributed by atoms with Crippen molar-refractivity contribution in [1.29, 1.82) is 0 Å². The molecule has 1 aromatic heterocycles. The number of carbonyl (C=O) groups excluding carboxylic acids is 1. The molecule has 0 amide bonds. The first-order valence-electron chi connectivity index (χ1n) is 8.16. The zero-order valence-electron chi connectivity index (χ0n) is 13.5. The molecule has 0 bridgehead atoms. The molecule has 0 radical (unpaired) electrons. The first-order valence-corrected chi connectivity index (χ1v) is 9.04. The monoisotopic (exact) mass is 442 g/mol. The molecule has 0 saturated heterocycles. The zero-order valence-corrected chi connectivity index (χ0v) is 15.6. The highest BCUT2D eigenvalue weighted by Crippen LogP contribution is 2.27. The minimum atomic E-state index is -0.659. The topological polar surface area (TPSA) is 65.7 Å². The van der Waals surface area contributed by atoms with Crippen LogP contribution in [-0.2, 0) is 20.6 Å². The van der Waals surface area contributed by atoms with Crippen molar-refractivity contribution in [2.75, 3.05) is 6.61 Å². The second kappa shape index (κ2) is 7.65. The lowest BCUT2D eigenvalue weighted by atomic mass is 9.91. The van der Waals surface area contributed by atoms with E-state index in [9.17, 15) is 9.59 Å². The zero-order chi connectivity index (χ0) is 17.1. The average Bonchev–Trinajstić information content (AvgIpc) is 2.54. The predicted molar refractivity (Wildman–Crippen MR) is 98.6 cm³/mol. The summed E-state index contributed by atoms with van der Waals surface area (Å²) in [6.07, 6.45) is 5.21. The van der Waals surface area contributed by atoms with Crippen molar-refractivity contribution in [1.82, 2.24) is 0 Å². The van der Waals surface area contributed by atoms with E-state index in [0.29, 0.717) is 5.58 Å². The normalized spacial score (nSPS) is 17.8. The molecule has 1 aliphatic carbocycles. The van der Waals surface area contributed by atoms with E-state index < -0.39 is 11.6 Å². The molecule has 1 heterocycles. The number of benzene rings is 1. The third kappa shape index (κ3) is 3.64. The number of aryl methyl sites for hydroxylation is 1. The summed E-state index contributed by atoms with van der Waals surface area (Å²) in [4.78, 5) is 23.9. The van der Waals surface area contributed by atoms with Crippen molar-refractivity contribution in [3.8, 4) is 0 Å². The summed E-state index contributed by atoms with van der Waals surface area (Å²) in [5.41, 5.74) is 2.16. The van der Waals surface area contributed by atoms with E-state index in [-0.39, 0.29) is 18.3 Å². The summed E-state index contributed by atoms with van der Waals surface area (Å²) >= 11 is 1.95. The number of fused-ring (bicyclic) bond motifs is 2. The van der Waals surface area contributed by atoms with E-state index >= 15 is 0 Å². The molecule has 24 heavy (non-hydrogen) atoms. The molecule has 0 saturated carbocycles. The molecule has 2 aromatic rings. The van der Waals surface area contributed by atoms with Crippen LogP contribution >= 0.6 is 23.0 Å². The van der Waals surface area contributed by atoms with Crippen LogP contribution in [0.4, 0.5) is 0 Å². The van der Waals surface area contributed by atoms with Gasteiger partial charge < -0.3 is 12.2 Å². The van der Waals surface area contributed by atoms with E-state index in [2.05, 4.69) is 0 Å². The summed E-state index contributed by atoms with van der Waals surface area (Å²) in [5, 5.41) is 0.754. The Hall–Kier alpha value is -1.41. The lowest BCUT2D eigenvalue weighted by molar-refractivity contribution is 0.0522. The van der Waals surface area contributed by atoms with Crippen LogP contribution in [0.15, 0.2) is 27.4 Å². The predicted octanol–water partition coefficient (Wildman–Crippen LogP) is 3.97. The molecule has 1 atom stereocenters. The van der Waals surface area contributed by atoms with Gasteiger partial charge in [-0.3, -0.25) is 0 Å². The smallest absolute Gasteiger partial charge is 0.351 e. The van der Waals surface area contributed by atoms with Crippen LogP contribution in [0.25, 0.3) is 11.0 Å². The van der Waals surface area contributed by atoms with E-state index in [1.165, 1.54) is 5.56 Å². The van der Waals surface area contributed by atoms with Gasteiger partial charge in [-0.25, -0.2) is 9.59 Å². The number of carbonyl (C=O) groups is 1. The Labute approximate surface area is 154 Å². The second-order valence-electron chi connectivity index (χ2n) is 5.99. The maximum absolute atomic E-state index is 12.1. The molecule has 1 aliphatic rings. The molecule has 128 valence electrons. The van der Waals surface area contributed by atoms with Gasteiger partial charge in [-0.1, -0.05) is 6.42 Å². The van der Waals surface area contributed by atoms with Gasteiger partial charge in [0.25, 0.3) is 0 Å². The summed E-state index contributed by atoms with van der Waals surface area (Å²) in [6.45, 7) is 1.92. The standard InChI is InChI=1S/C18H19IO5/c1-2-22-17(20)15-9-13-7-11-5-3-4-6-14(24-19)8-12(11)10-16(13)23-18(15)21/h7,9-10,14H,2-6,8H2,1H3. The Bertz CT molecular complexity index is 811. The Kier molecular flexibility index (Phi) is 5.55. The Morgan fingerprint density at radius 2 is 2.12 bits per heavy atom. The van der Waals surface area contributed by atoms with Crippen LogP contribution < -0.4 is 5.63 Å². The SMILES string of the molecule is CCOC(=O)c1cc2cc3c(cc2oc1=O)CC(OI)CCCC3. The summed E-state index contributed by atoms with van der Waals surface area (Å²) in [5.74, 6) is -0.640. The van der Waals surface area contributed by atoms with Crippen molar-refractivity contribution in [2.24, 2.45) is 0 Å². The average molecular weight is 442 g/mol. The second-order valence-corrected chi connectivity index (χ2v) is 6.50. The molecule has 0 fully saturated rings. The van der Waals surface area contributed by atoms with Crippen molar-refractivity contribution in [3.05, 3.63) is 45.3 Å². The van der Waals surface area contributed by atoms with Gasteiger partial charge in [0.05, 0.1) is 12.7 Å². The maximum Gasteiger partial charge on any atom is 0.351 e. The lowest BCUT2D eigenvalue weighted by Crippen LogP contribution is -2.17. The molecule has 1 aromatic carbocycles. The Balaban J connectivity index is 2.07. The van der Waals surface area contributed by atoms with Crippen LogP contribution in [0.3, 0.4) is 0 Å².